The lowest BCUT2D eigenvalue weighted by molar-refractivity contribution is -0.130. The minimum absolute atomic E-state index is 0.0708. The number of likely N-dealkylation sites (N-methyl/N-ethyl adjacent to an activating group) is 1. The van der Waals surface area contributed by atoms with Gasteiger partial charge in [0.2, 0.25) is 17.6 Å². The molecule has 0 saturated heterocycles. The van der Waals surface area contributed by atoms with Crippen molar-refractivity contribution >= 4 is 16.9 Å². The van der Waals surface area contributed by atoms with Gasteiger partial charge < -0.3 is 14.3 Å². The van der Waals surface area contributed by atoms with Crippen LogP contribution >= 0.6 is 0 Å². The normalized spacial score (nSPS) is 16.4. The highest BCUT2D eigenvalue weighted by Crippen LogP contribution is 2.43. The van der Waals surface area contributed by atoms with Gasteiger partial charge in [-0.2, -0.15) is 4.98 Å². The third-order valence-corrected chi connectivity index (χ3v) is 4.35. The van der Waals surface area contributed by atoms with E-state index in [1.165, 1.54) is 0 Å². The zero-order valence-electron chi connectivity index (χ0n) is 12.1. The van der Waals surface area contributed by atoms with Crippen molar-refractivity contribution < 1.29 is 13.7 Å². The fourth-order valence-electron chi connectivity index (χ4n) is 2.92. The Morgan fingerprint density at radius 1 is 1.32 bits per heavy atom. The van der Waals surface area contributed by atoms with Crippen LogP contribution in [0.3, 0.4) is 0 Å². The molecule has 1 aliphatic carbocycles. The van der Waals surface area contributed by atoms with Gasteiger partial charge in [-0.15, -0.1) is 0 Å². The number of carbonyl (C=O) groups is 1. The van der Waals surface area contributed by atoms with Crippen molar-refractivity contribution in [2.75, 3.05) is 7.05 Å². The number of hydrogen-bond acceptors (Lipinski definition) is 5. The monoisotopic (exact) mass is 297 g/mol. The first-order valence-electron chi connectivity index (χ1n) is 7.28. The highest BCUT2D eigenvalue weighted by atomic mass is 16.5. The average Bonchev–Trinajstić information content (AvgIpc) is 3.12. The molecule has 1 N–H and O–H groups in total. The predicted octanol–water partition coefficient (Wildman–Crippen LogP) is 2.65. The highest BCUT2D eigenvalue weighted by Gasteiger charge is 2.50. The fraction of sp³-hybridized carbons (Fsp3) is 0.312. The van der Waals surface area contributed by atoms with Crippen molar-refractivity contribution in [2.45, 2.75) is 24.7 Å². The zero-order chi connectivity index (χ0) is 15.2. The summed E-state index contributed by atoms with van der Waals surface area (Å²) in [4.78, 5) is 16.5. The maximum absolute atomic E-state index is 12.1. The zero-order valence-corrected chi connectivity index (χ0v) is 12.1. The molecule has 1 saturated carbocycles. The summed E-state index contributed by atoms with van der Waals surface area (Å²) in [5.41, 5.74) is 0.0972. The number of nitrogens with zero attached hydrogens (tertiary/aromatic N) is 2. The first-order valence-corrected chi connectivity index (χ1v) is 7.28. The average molecular weight is 297 g/mol. The Labute approximate surface area is 126 Å². The van der Waals surface area contributed by atoms with Crippen molar-refractivity contribution in [2.24, 2.45) is 0 Å². The summed E-state index contributed by atoms with van der Waals surface area (Å²) in [6, 6.07) is 9.57. The number of nitrogens with one attached hydrogen (secondary N) is 1. The number of carbonyl (C=O) groups excluding carboxylic acids is 1. The Morgan fingerprint density at radius 3 is 2.82 bits per heavy atom. The summed E-state index contributed by atoms with van der Waals surface area (Å²) in [6.07, 6.45) is 2.44. The van der Waals surface area contributed by atoms with Gasteiger partial charge in [0.05, 0.1) is 0 Å². The van der Waals surface area contributed by atoms with Crippen LogP contribution in [0.5, 0.6) is 0 Å². The van der Waals surface area contributed by atoms with E-state index in [1.54, 1.807) is 7.05 Å². The summed E-state index contributed by atoms with van der Waals surface area (Å²) in [6.45, 7) is 0. The van der Waals surface area contributed by atoms with Gasteiger partial charge in [-0.05, 0) is 25.0 Å². The first kappa shape index (κ1) is 13.1. The van der Waals surface area contributed by atoms with Crippen molar-refractivity contribution in [3.63, 3.8) is 0 Å². The van der Waals surface area contributed by atoms with E-state index < -0.39 is 5.41 Å². The minimum Gasteiger partial charge on any atom is -0.453 e. The molecule has 1 fully saturated rings. The van der Waals surface area contributed by atoms with Crippen LogP contribution in [0.1, 0.15) is 25.2 Å². The largest absolute Gasteiger partial charge is 0.453 e. The second kappa shape index (κ2) is 4.69. The standard InChI is InChI=1S/C16H15N3O3/c1-17-14(20)16(7-4-8-16)15-18-13(19-22-15)12-9-10-5-2-3-6-11(10)21-12/h2-3,5-6,9H,4,7-8H2,1H3,(H,17,20). The van der Waals surface area contributed by atoms with Crippen LogP contribution < -0.4 is 5.32 Å². The fourth-order valence-corrected chi connectivity index (χ4v) is 2.92. The molecule has 3 aromatic rings. The number of rotatable bonds is 3. The quantitative estimate of drug-likeness (QED) is 0.803. The summed E-state index contributed by atoms with van der Waals surface area (Å²) >= 11 is 0. The SMILES string of the molecule is CNC(=O)C1(c2nc(-c3cc4ccccc4o3)no2)CCC1. The molecule has 0 radical (unpaired) electrons. The van der Waals surface area contributed by atoms with E-state index in [0.29, 0.717) is 17.5 Å². The van der Waals surface area contributed by atoms with Crippen LogP contribution in [0.15, 0.2) is 39.3 Å². The Kier molecular flexibility index (Phi) is 2.79. The lowest BCUT2D eigenvalue weighted by Gasteiger charge is -2.35. The van der Waals surface area contributed by atoms with Crippen molar-refractivity contribution in [1.82, 2.24) is 15.5 Å². The molecule has 1 aromatic carbocycles. The molecule has 2 aromatic heterocycles. The van der Waals surface area contributed by atoms with Gasteiger partial charge in [0.1, 0.15) is 11.0 Å². The number of furan rings is 1. The molecule has 1 amide bonds. The molecule has 22 heavy (non-hydrogen) atoms. The lowest BCUT2D eigenvalue weighted by atomic mass is 9.68. The number of benzene rings is 1. The van der Waals surface area contributed by atoms with E-state index in [1.807, 2.05) is 30.3 Å². The van der Waals surface area contributed by atoms with E-state index in [4.69, 9.17) is 8.94 Å². The molecular formula is C16H15N3O3. The molecule has 0 bridgehead atoms. The van der Waals surface area contributed by atoms with Crippen LogP contribution in [0, 0.1) is 0 Å². The van der Waals surface area contributed by atoms with Gasteiger partial charge in [0, 0.05) is 12.4 Å². The Balaban J connectivity index is 1.73. The smallest absolute Gasteiger partial charge is 0.242 e. The molecule has 0 spiro atoms. The van der Waals surface area contributed by atoms with Crippen molar-refractivity contribution in [3.05, 3.63) is 36.2 Å². The van der Waals surface area contributed by atoms with E-state index in [2.05, 4.69) is 15.5 Å². The molecular weight excluding hydrogens is 282 g/mol. The lowest BCUT2D eigenvalue weighted by Crippen LogP contribution is -2.48. The molecule has 4 rings (SSSR count). The number of aromatic nitrogens is 2. The maximum Gasteiger partial charge on any atom is 0.242 e. The van der Waals surface area contributed by atoms with Crippen LogP contribution in [0.4, 0.5) is 0 Å². The van der Waals surface area contributed by atoms with E-state index in [-0.39, 0.29) is 5.91 Å². The number of fused-ring (bicyclic) bond motifs is 1. The molecule has 0 unspecified atom stereocenters. The second-order valence-electron chi connectivity index (χ2n) is 5.59. The molecule has 6 heteroatoms. The van der Waals surface area contributed by atoms with Crippen LogP contribution in [-0.2, 0) is 10.2 Å². The summed E-state index contributed by atoms with van der Waals surface area (Å²) in [7, 11) is 1.62. The molecule has 112 valence electrons. The van der Waals surface area contributed by atoms with Crippen molar-refractivity contribution in [3.8, 4) is 11.6 Å². The van der Waals surface area contributed by atoms with Gasteiger partial charge in [-0.1, -0.05) is 29.8 Å². The molecule has 6 nitrogen and oxygen atoms in total. The van der Waals surface area contributed by atoms with Gasteiger partial charge in [-0.25, -0.2) is 0 Å². The Bertz CT molecular complexity index is 812. The van der Waals surface area contributed by atoms with Crippen LogP contribution in [-0.4, -0.2) is 23.1 Å². The predicted molar refractivity (Wildman–Crippen MR) is 79.1 cm³/mol. The number of hydrogen-bond donors (Lipinski definition) is 1. The van der Waals surface area contributed by atoms with E-state index in [0.717, 1.165) is 30.2 Å². The third-order valence-electron chi connectivity index (χ3n) is 4.35. The summed E-state index contributed by atoms with van der Waals surface area (Å²) in [5.74, 6) is 1.22. The third kappa shape index (κ3) is 1.76. The summed E-state index contributed by atoms with van der Waals surface area (Å²) < 4.78 is 11.1. The Morgan fingerprint density at radius 2 is 2.14 bits per heavy atom. The van der Waals surface area contributed by atoms with E-state index in [9.17, 15) is 4.79 Å². The number of para-hydroxylation sites is 1. The Hall–Kier alpha value is -2.63. The van der Waals surface area contributed by atoms with Gasteiger partial charge in [0.25, 0.3) is 0 Å². The molecule has 2 heterocycles. The topological polar surface area (TPSA) is 81.2 Å². The van der Waals surface area contributed by atoms with E-state index >= 15 is 0 Å². The van der Waals surface area contributed by atoms with Crippen LogP contribution in [0.25, 0.3) is 22.6 Å². The minimum atomic E-state index is -0.675. The van der Waals surface area contributed by atoms with Crippen LogP contribution in [0.2, 0.25) is 0 Å². The molecule has 1 aliphatic rings. The van der Waals surface area contributed by atoms with Gasteiger partial charge in [-0.3, -0.25) is 4.79 Å². The summed E-state index contributed by atoms with van der Waals surface area (Å²) in [5, 5.41) is 7.65. The maximum atomic E-state index is 12.1. The van der Waals surface area contributed by atoms with Gasteiger partial charge in [0.15, 0.2) is 5.76 Å². The molecule has 0 aliphatic heterocycles. The number of amides is 1. The second-order valence-corrected chi connectivity index (χ2v) is 5.59. The first-order chi connectivity index (χ1) is 10.7. The van der Waals surface area contributed by atoms with Crippen molar-refractivity contribution in [1.29, 1.82) is 0 Å². The molecule has 0 atom stereocenters. The highest BCUT2D eigenvalue weighted by molar-refractivity contribution is 5.88. The van der Waals surface area contributed by atoms with Gasteiger partial charge >= 0.3 is 0 Å².